The predicted molar refractivity (Wildman–Crippen MR) is 85.8 cm³/mol. The van der Waals surface area contributed by atoms with Crippen molar-refractivity contribution in [2.24, 2.45) is 0 Å². The van der Waals surface area contributed by atoms with Crippen LogP contribution in [0, 0.1) is 26.6 Å². The molecular weight excluding hydrogens is 301 g/mol. The van der Waals surface area contributed by atoms with Crippen LogP contribution in [0.4, 0.5) is 4.39 Å². The normalized spacial score (nSPS) is 13.1. The second-order valence-electron chi connectivity index (χ2n) is 5.61. The molecule has 5 heteroatoms. The Kier molecular flexibility index (Phi) is 4.68. The van der Waals surface area contributed by atoms with E-state index in [1.807, 2.05) is 32.0 Å². The molecule has 0 aliphatic carbocycles. The average molecular weight is 321 g/mol. The van der Waals surface area contributed by atoms with Crippen molar-refractivity contribution < 1.29 is 12.8 Å². The molecule has 1 unspecified atom stereocenters. The first-order chi connectivity index (χ1) is 10.2. The van der Waals surface area contributed by atoms with Gasteiger partial charge in [0.25, 0.3) is 0 Å². The average Bonchev–Trinajstić information content (AvgIpc) is 2.43. The molecular formula is C17H20FNO2S. The van der Waals surface area contributed by atoms with Gasteiger partial charge >= 0.3 is 0 Å². The van der Waals surface area contributed by atoms with Gasteiger partial charge in [-0.25, -0.2) is 17.5 Å². The van der Waals surface area contributed by atoms with Crippen molar-refractivity contribution >= 4 is 10.0 Å². The van der Waals surface area contributed by atoms with Crippen LogP contribution in [-0.2, 0) is 10.0 Å². The number of sulfonamides is 1. The van der Waals surface area contributed by atoms with E-state index >= 15 is 0 Å². The first kappa shape index (κ1) is 16.6. The van der Waals surface area contributed by atoms with Crippen LogP contribution >= 0.6 is 0 Å². The van der Waals surface area contributed by atoms with Crippen LogP contribution in [0.15, 0.2) is 41.3 Å². The maximum Gasteiger partial charge on any atom is 0.241 e. The van der Waals surface area contributed by atoms with Crippen molar-refractivity contribution in [3.8, 4) is 0 Å². The highest BCUT2D eigenvalue weighted by Gasteiger charge is 2.20. The molecule has 2 rings (SSSR count). The number of rotatable bonds is 4. The van der Waals surface area contributed by atoms with Gasteiger partial charge in [0.15, 0.2) is 0 Å². The van der Waals surface area contributed by atoms with E-state index in [2.05, 4.69) is 4.72 Å². The van der Waals surface area contributed by atoms with Gasteiger partial charge in [-0.2, -0.15) is 0 Å². The fourth-order valence-corrected chi connectivity index (χ4v) is 3.68. The first-order valence-electron chi connectivity index (χ1n) is 7.06. The van der Waals surface area contributed by atoms with Gasteiger partial charge in [-0.15, -0.1) is 0 Å². The van der Waals surface area contributed by atoms with Crippen molar-refractivity contribution in [2.45, 2.75) is 38.6 Å². The van der Waals surface area contributed by atoms with Crippen molar-refractivity contribution in [1.29, 1.82) is 0 Å². The maximum absolute atomic E-state index is 13.3. The minimum Gasteiger partial charge on any atom is -0.207 e. The lowest BCUT2D eigenvalue weighted by Crippen LogP contribution is -2.27. The summed E-state index contributed by atoms with van der Waals surface area (Å²) in [5, 5.41) is 0. The summed E-state index contributed by atoms with van der Waals surface area (Å²) in [6.45, 7) is 7.26. The second kappa shape index (κ2) is 6.18. The van der Waals surface area contributed by atoms with E-state index in [-0.39, 0.29) is 10.9 Å². The number of benzene rings is 2. The minimum atomic E-state index is -3.69. The van der Waals surface area contributed by atoms with Crippen LogP contribution in [0.5, 0.6) is 0 Å². The zero-order valence-electron chi connectivity index (χ0n) is 13.1. The molecule has 0 radical (unpaired) electrons. The summed E-state index contributed by atoms with van der Waals surface area (Å²) in [6, 6.07) is 9.36. The third kappa shape index (κ3) is 3.54. The molecule has 3 nitrogen and oxygen atoms in total. The Morgan fingerprint density at radius 2 is 1.68 bits per heavy atom. The van der Waals surface area contributed by atoms with Crippen LogP contribution in [0.2, 0.25) is 0 Å². The highest BCUT2D eigenvalue weighted by molar-refractivity contribution is 7.89. The summed E-state index contributed by atoms with van der Waals surface area (Å²) in [5.41, 5.74) is 3.34. The third-order valence-corrected chi connectivity index (χ3v) is 5.21. The van der Waals surface area contributed by atoms with E-state index in [9.17, 15) is 12.8 Å². The van der Waals surface area contributed by atoms with E-state index in [4.69, 9.17) is 0 Å². The number of hydrogen-bond donors (Lipinski definition) is 1. The summed E-state index contributed by atoms with van der Waals surface area (Å²) in [5.74, 6) is -0.415. The number of aryl methyl sites for hydroxylation is 3. The van der Waals surface area contributed by atoms with Crippen molar-refractivity contribution in [3.63, 3.8) is 0 Å². The van der Waals surface area contributed by atoms with E-state index in [1.54, 1.807) is 13.8 Å². The Morgan fingerprint density at radius 3 is 2.32 bits per heavy atom. The lowest BCUT2D eigenvalue weighted by molar-refractivity contribution is 0.565. The molecule has 0 fully saturated rings. The fraction of sp³-hybridized carbons (Fsp3) is 0.294. The molecule has 0 spiro atoms. The quantitative estimate of drug-likeness (QED) is 0.931. The van der Waals surface area contributed by atoms with E-state index < -0.39 is 15.8 Å². The van der Waals surface area contributed by atoms with Gasteiger partial charge < -0.3 is 0 Å². The molecule has 1 atom stereocenters. The van der Waals surface area contributed by atoms with Gasteiger partial charge in [-0.1, -0.05) is 23.8 Å². The van der Waals surface area contributed by atoms with Crippen molar-refractivity contribution in [2.75, 3.05) is 0 Å². The zero-order valence-corrected chi connectivity index (χ0v) is 14.0. The molecule has 0 bridgehead atoms. The molecule has 118 valence electrons. The second-order valence-corrected chi connectivity index (χ2v) is 7.33. The molecule has 0 heterocycles. The highest BCUT2D eigenvalue weighted by atomic mass is 32.2. The van der Waals surface area contributed by atoms with Crippen LogP contribution in [0.3, 0.4) is 0 Å². The summed E-state index contributed by atoms with van der Waals surface area (Å²) in [4.78, 5) is 0.0727. The Hall–Kier alpha value is -1.72. The van der Waals surface area contributed by atoms with Crippen molar-refractivity contribution in [1.82, 2.24) is 4.72 Å². The van der Waals surface area contributed by atoms with Gasteiger partial charge in [-0.3, -0.25) is 0 Å². The van der Waals surface area contributed by atoms with Gasteiger partial charge in [0, 0.05) is 6.04 Å². The lowest BCUT2D eigenvalue weighted by Gasteiger charge is -2.17. The zero-order chi connectivity index (χ0) is 16.5. The van der Waals surface area contributed by atoms with Crippen LogP contribution in [0.1, 0.15) is 35.2 Å². The van der Waals surface area contributed by atoms with Gasteiger partial charge in [0.2, 0.25) is 10.0 Å². The van der Waals surface area contributed by atoms with E-state index in [1.165, 1.54) is 18.2 Å². The van der Waals surface area contributed by atoms with Crippen LogP contribution in [-0.4, -0.2) is 8.42 Å². The van der Waals surface area contributed by atoms with Crippen LogP contribution in [0.25, 0.3) is 0 Å². The highest BCUT2D eigenvalue weighted by Crippen LogP contribution is 2.22. The summed E-state index contributed by atoms with van der Waals surface area (Å²) < 4.78 is 40.8. The summed E-state index contributed by atoms with van der Waals surface area (Å²) >= 11 is 0. The van der Waals surface area contributed by atoms with Gasteiger partial charge in [0.1, 0.15) is 5.82 Å². The predicted octanol–water partition coefficient (Wildman–Crippen LogP) is 3.79. The molecule has 2 aromatic carbocycles. The molecule has 0 aromatic heterocycles. The lowest BCUT2D eigenvalue weighted by atomic mass is 10.0. The molecule has 0 amide bonds. The minimum absolute atomic E-state index is 0.0727. The maximum atomic E-state index is 13.3. The number of nitrogens with one attached hydrogen (secondary N) is 1. The SMILES string of the molecule is Cc1ccc(C)c(C(C)NS(=O)(=O)c2ccc(F)c(C)c2)c1. The van der Waals surface area contributed by atoms with Gasteiger partial charge in [0.05, 0.1) is 4.90 Å². The summed E-state index contributed by atoms with van der Waals surface area (Å²) in [7, 11) is -3.69. The fourth-order valence-electron chi connectivity index (χ4n) is 2.37. The Morgan fingerprint density at radius 1 is 1.00 bits per heavy atom. The van der Waals surface area contributed by atoms with Crippen molar-refractivity contribution in [3.05, 3.63) is 64.5 Å². The smallest absolute Gasteiger partial charge is 0.207 e. The van der Waals surface area contributed by atoms with E-state index in [0.717, 1.165) is 16.7 Å². The largest absolute Gasteiger partial charge is 0.241 e. The Bertz CT molecular complexity index is 800. The first-order valence-corrected chi connectivity index (χ1v) is 8.54. The molecule has 0 saturated heterocycles. The molecule has 1 N–H and O–H groups in total. The molecule has 0 saturated carbocycles. The molecule has 0 aliphatic rings. The number of halogens is 1. The van der Waals surface area contributed by atoms with Crippen LogP contribution < -0.4 is 4.72 Å². The topological polar surface area (TPSA) is 46.2 Å². The third-order valence-electron chi connectivity index (χ3n) is 3.67. The molecule has 0 aliphatic heterocycles. The van der Waals surface area contributed by atoms with Gasteiger partial charge in [-0.05, 0) is 62.6 Å². The molecule has 2 aromatic rings. The monoisotopic (exact) mass is 321 g/mol. The number of hydrogen-bond acceptors (Lipinski definition) is 2. The standard InChI is InChI=1S/C17H20FNO2S/c1-11-5-6-12(2)16(9-11)14(4)19-22(20,21)15-7-8-17(18)13(3)10-15/h5-10,14,19H,1-4H3. The Balaban J connectivity index is 2.31. The summed E-state index contributed by atoms with van der Waals surface area (Å²) in [6.07, 6.45) is 0. The molecule has 22 heavy (non-hydrogen) atoms. The Labute approximate surface area is 131 Å². The van der Waals surface area contributed by atoms with E-state index in [0.29, 0.717) is 5.56 Å².